The monoisotopic (exact) mass is 303 g/mol. The van der Waals surface area contributed by atoms with Crippen LogP contribution in [0.2, 0.25) is 5.02 Å². The van der Waals surface area contributed by atoms with Crippen molar-refractivity contribution in [3.05, 3.63) is 57.2 Å². The summed E-state index contributed by atoms with van der Waals surface area (Å²) in [5.41, 5.74) is 2.10. The summed E-state index contributed by atoms with van der Waals surface area (Å²) >= 11 is 6.11. The Morgan fingerprint density at radius 1 is 1.24 bits per heavy atom. The van der Waals surface area contributed by atoms with Crippen molar-refractivity contribution in [2.75, 3.05) is 0 Å². The van der Waals surface area contributed by atoms with Crippen molar-refractivity contribution in [1.82, 2.24) is 9.78 Å². The summed E-state index contributed by atoms with van der Waals surface area (Å²) in [5.74, 6) is -0.00415. The zero-order valence-corrected chi connectivity index (χ0v) is 11.7. The Morgan fingerprint density at radius 3 is 2.52 bits per heavy atom. The average molecular weight is 304 g/mol. The highest BCUT2D eigenvalue weighted by molar-refractivity contribution is 6.37. The van der Waals surface area contributed by atoms with Crippen LogP contribution in [0.4, 0.5) is 5.69 Å². The van der Waals surface area contributed by atoms with Gasteiger partial charge in [-0.15, -0.1) is 0 Å². The molecule has 1 N–H and O–H groups in total. The first kappa shape index (κ1) is 13.4. The summed E-state index contributed by atoms with van der Waals surface area (Å²) in [5, 5.41) is 25.7. The average Bonchev–Trinajstić information content (AvgIpc) is 2.81. The first-order chi connectivity index (χ1) is 9.99. The molecule has 7 heteroatoms. The lowest BCUT2D eigenvalue weighted by atomic mass is 10.2. The van der Waals surface area contributed by atoms with Crippen LogP contribution >= 0.6 is 11.6 Å². The fraction of sp³-hybridized carbons (Fsp3) is 0.0714. The largest absolute Gasteiger partial charge is 0.506 e. The topological polar surface area (TPSA) is 81.2 Å². The molecule has 21 heavy (non-hydrogen) atoms. The lowest BCUT2D eigenvalue weighted by Crippen LogP contribution is -1.98. The number of rotatable bonds is 2. The number of nitro benzene ring substituents is 1. The SMILES string of the molecule is Cc1c2c(Cl)c(O)ccc2nn1-c1ccc([N+](=O)[O-])cc1. The van der Waals surface area contributed by atoms with E-state index in [0.717, 1.165) is 5.69 Å². The van der Waals surface area contributed by atoms with Crippen molar-refractivity contribution < 1.29 is 10.0 Å². The number of hydrogen-bond acceptors (Lipinski definition) is 4. The number of halogens is 1. The summed E-state index contributed by atoms with van der Waals surface area (Å²) in [6.07, 6.45) is 0. The molecule has 3 rings (SSSR count). The van der Waals surface area contributed by atoms with Gasteiger partial charge in [0.05, 0.1) is 26.8 Å². The van der Waals surface area contributed by atoms with Gasteiger partial charge < -0.3 is 5.11 Å². The Morgan fingerprint density at radius 2 is 1.90 bits per heavy atom. The highest BCUT2D eigenvalue weighted by Crippen LogP contribution is 2.34. The maximum Gasteiger partial charge on any atom is 0.269 e. The van der Waals surface area contributed by atoms with Crippen LogP contribution in [-0.4, -0.2) is 19.8 Å². The van der Waals surface area contributed by atoms with Gasteiger partial charge in [0, 0.05) is 17.5 Å². The number of aryl methyl sites for hydroxylation is 1. The number of fused-ring (bicyclic) bond motifs is 1. The quantitative estimate of drug-likeness (QED) is 0.579. The van der Waals surface area contributed by atoms with Crippen molar-refractivity contribution in [2.45, 2.75) is 6.92 Å². The van der Waals surface area contributed by atoms with Gasteiger partial charge in [-0.3, -0.25) is 10.1 Å². The highest BCUT2D eigenvalue weighted by atomic mass is 35.5. The van der Waals surface area contributed by atoms with Crippen LogP contribution in [0.3, 0.4) is 0 Å². The third-order valence-corrected chi connectivity index (χ3v) is 3.67. The maximum absolute atomic E-state index is 10.7. The number of phenols is 1. The van der Waals surface area contributed by atoms with Crippen LogP contribution < -0.4 is 0 Å². The first-order valence-electron chi connectivity index (χ1n) is 6.10. The van der Waals surface area contributed by atoms with Crippen LogP contribution in [0.5, 0.6) is 5.75 Å². The Bertz CT molecular complexity index is 856. The molecule has 1 heterocycles. The lowest BCUT2D eigenvalue weighted by Gasteiger charge is -2.04. The molecule has 0 aliphatic carbocycles. The van der Waals surface area contributed by atoms with E-state index in [-0.39, 0.29) is 16.5 Å². The van der Waals surface area contributed by atoms with Gasteiger partial charge in [0.25, 0.3) is 5.69 Å². The van der Waals surface area contributed by atoms with E-state index in [2.05, 4.69) is 5.10 Å². The zero-order chi connectivity index (χ0) is 15.1. The molecule has 106 valence electrons. The predicted molar refractivity (Wildman–Crippen MR) is 79.1 cm³/mol. The van der Waals surface area contributed by atoms with E-state index in [0.29, 0.717) is 16.6 Å². The first-order valence-corrected chi connectivity index (χ1v) is 6.48. The maximum atomic E-state index is 10.7. The number of hydrogen-bond donors (Lipinski definition) is 1. The molecule has 0 aliphatic rings. The number of nitrogens with zero attached hydrogens (tertiary/aromatic N) is 3. The third kappa shape index (κ3) is 2.09. The molecule has 0 saturated carbocycles. The molecule has 0 atom stereocenters. The van der Waals surface area contributed by atoms with Crippen LogP contribution in [-0.2, 0) is 0 Å². The van der Waals surface area contributed by atoms with Gasteiger partial charge >= 0.3 is 0 Å². The van der Waals surface area contributed by atoms with Crippen molar-refractivity contribution in [2.24, 2.45) is 0 Å². The number of aromatic hydroxyl groups is 1. The van der Waals surface area contributed by atoms with E-state index in [1.54, 1.807) is 22.9 Å². The molecule has 0 unspecified atom stereocenters. The van der Waals surface area contributed by atoms with Crippen LogP contribution in [0.15, 0.2) is 36.4 Å². The number of phenolic OH excluding ortho intramolecular Hbond substituents is 1. The van der Waals surface area contributed by atoms with Crippen molar-refractivity contribution in [3.63, 3.8) is 0 Å². The normalized spacial score (nSPS) is 11.0. The van der Waals surface area contributed by atoms with Gasteiger partial charge in [0.15, 0.2) is 0 Å². The third-order valence-electron chi connectivity index (χ3n) is 3.29. The fourth-order valence-corrected chi connectivity index (χ4v) is 2.53. The van der Waals surface area contributed by atoms with Gasteiger partial charge in [0.1, 0.15) is 5.75 Å². The van der Waals surface area contributed by atoms with Crippen LogP contribution in [0, 0.1) is 17.0 Å². The Kier molecular flexibility index (Phi) is 3.03. The summed E-state index contributed by atoms with van der Waals surface area (Å²) in [4.78, 5) is 10.2. The summed E-state index contributed by atoms with van der Waals surface area (Å²) in [7, 11) is 0. The van der Waals surface area contributed by atoms with Crippen molar-refractivity contribution in [3.8, 4) is 11.4 Å². The number of non-ortho nitro benzene ring substituents is 1. The van der Waals surface area contributed by atoms with Crippen LogP contribution in [0.25, 0.3) is 16.6 Å². The molecule has 0 fully saturated rings. The van der Waals surface area contributed by atoms with E-state index < -0.39 is 4.92 Å². The fourth-order valence-electron chi connectivity index (χ4n) is 2.24. The number of aromatic nitrogens is 2. The molecule has 0 saturated heterocycles. The molecule has 0 bridgehead atoms. The summed E-state index contributed by atoms with van der Waals surface area (Å²) in [6, 6.07) is 9.22. The summed E-state index contributed by atoms with van der Waals surface area (Å²) < 4.78 is 1.64. The zero-order valence-electron chi connectivity index (χ0n) is 10.9. The molecule has 0 radical (unpaired) electrons. The van der Waals surface area contributed by atoms with Gasteiger partial charge in [-0.05, 0) is 31.2 Å². The molecule has 2 aromatic carbocycles. The minimum atomic E-state index is -0.453. The molecule has 0 amide bonds. The molecule has 0 aliphatic heterocycles. The molecular formula is C14H10ClN3O3. The molecule has 1 aromatic heterocycles. The van der Waals surface area contributed by atoms with E-state index >= 15 is 0 Å². The van der Waals surface area contributed by atoms with Crippen molar-refractivity contribution >= 4 is 28.2 Å². The minimum absolute atomic E-state index is 0.00415. The van der Waals surface area contributed by atoms with Gasteiger partial charge in [-0.1, -0.05) is 11.6 Å². The van der Waals surface area contributed by atoms with Gasteiger partial charge in [-0.2, -0.15) is 5.10 Å². The highest BCUT2D eigenvalue weighted by Gasteiger charge is 2.15. The minimum Gasteiger partial charge on any atom is -0.506 e. The Balaban J connectivity index is 2.19. The van der Waals surface area contributed by atoms with E-state index in [9.17, 15) is 15.2 Å². The second-order valence-corrected chi connectivity index (χ2v) is 4.94. The molecule has 0 spiro atoms. The molecular weight excluding hydrogens is 294 g/mol. The van der Waals surface area contributed by atoms with E-state index in [1.807, 2.05) is 6.92 Å². The number of nitro groups is 1. The second kappa shape index (κ2) is 4.75. The molecule has 3 aromatic rings. The number of benzene rings is 2. The standard InChI is InChI=1S/C14H10ClN3O3/c1-8-13-11(6-7-12(19)14(13)15)16-17(8)9-2-4-10(5-3-9)18(20)21/h2-7,19H,1H3. The Labute approximate surface area is 124 Å². The lowest BCUT2D eigenvalue weighted by molar-refractivity contribution is -0.384. The van der Waals surface area contributed by atoms with Gasteiger partial charge in [-0.25, -0.2) is 4.68 Å². The van der Waals surface area contributed by atoms with Gasteiger partial charge in [0.2, 0.25) is 0 Å². The predicted octanol–water partition coefficient (Wildman–Crippen LogP) is 3.60. The smallest absolute Gasteiger partial charge is 0.269 e. The summed E-state index contributed by atoms with van der Waals surface area (Å²) in [6.45, 7) is 1.82. The van der Waals surface area contributed by atoms with E-state index in [1.165, 1.54) is 18.2 Å². The molecule has 6 nitrogen and oxygen atoms in total. The van der Waals surface area contributed by atoms with Crippen molar-refractivity contribution in [1.29, 1.82) is 0 Å². The van der Waals surface area contributed by atoms with Crippen LogP contribution in [0.1, 0.15) is 5.69 Å². The second-order valence-electron chi connectivity index (χ2n) is 4.56. The van der Waals surface area contributed by atoms with E-state index in [4.69, 9.17) is 11.6 Å². The Hall–Kier alpha value is -2.60.